The normalized spacial score (nSPS) is 12.0. The van der Waals surface area contributed by atoms with Crippen LogP contribution in [0.15, 0.2) is 46.8 Å². The molecule has 0 unspecified atom stereocenters. The Labute approximate surface area is 141 Å². The van der Waals surface area contributed by atoms with E-state index in [1.54, 1.807) is 15.4 Å². The number of benzene rings is 1. The molecule has 0 amide bonds. The van der Waals surface area contributed by atoms with E-state index in [0.29, 0.717) is 18.8 Å². The second kappa shape index (κ2) is 7.54. The summed E-state index contributed by atoms with van der Waals surface area (Å²) in [5, 5.41) is 8.44. The molecule has 24 heavy (non-hydrogen) atoms. The molecule has 1 heterocycles. The Hall–Kier alpha value is -2.26. The molecule has 0 aliphatic heterocycles. The molecule has 9 heteroatoms. The molecule has 0 spiro atoms. The zero-order chi connectivity index (χ0) is 17.7. The first-order valence-electron chi connectivity index (χ1n) is 7.46. The van der Waals surface area contributed by atoms with E-state index in [4.69, 9.17) is 4.55 Å². The van der Waals surface area contributed by atoms with Crippen LogP contribution in [-0.2, 0) is 23.7 Å². The van der Waals surface area contributed by atoms with Crippen LogP contribution in [0, 0.1) is 0 Å². The van der Waals surface area contributed by atoms with Crippen LogP contribution in [-0.4, -0.2) is 37.5 Å². The first-order valence-corrected chi connectivity index (χ1v) is 9.07. The van der Waals surface area contributed by atoms with Gasteiger partial charge in [0.1, 0.15) is 0 Å². The minimum absolute atomic E-state index is 0.284. The molecule has 0 radical (unpaired) electrons. The molecule has 2 rings (SSSR count). The van der Waals surface area contributed by atoms with Gasteiger partial charge in [0.05, 0.1) is 24.1 Å². The largest absolute Gasteiger partial charge is 0.378 e. The molecule has 0 saturated carbocycles. The van der Waals surface area contributed by atoms with Crippen LogP contribution >= 0.6 is 0 Å². The lowest BCUT2D eigenvalue weighted by Gasteiger charge is -2.11. The SMILES string of the molecule is CN(C)c1ccc(N=Nc2cc[n+](C)n2CCCS(=O)(=O)O)cc1. The van der Waals surface area contributed by atoms with E-state index < -0.39 is 10.1 Å². The number of nitrogens with zero attached hydrogens (tertiary/aromatic N) is 5. The summed E-state index contributed by atoms with van der Waals surface area (Å²) >= 11 is 0. The van der Waals surface area contributed by atoms with Crippen molar-refractivity contribution in [1.29, 1.82) is 0 Å². The van der Waals surface area contributed by atoms with E-state index in [1.807, 2.05) is 56.5 Å². The van der Waals surface area contributed by atoms with Crippen molar-refractivity contribution in [1.82, 2.24) is 4.68 Å². The Bertz CT molecular complexity index is 810. The van der Waals surface area contributed by atoms with Gasteiger partial charge in [0.15, 0.2) is 13.2 Å². The average molecular weight is 352 g/mol. The topological polar surface area (TPSA) is 91.1 Å². The van der Waals surface area contributed by atoms with Crippen molar-refractivity contribution in [3.05, 3.63) is 36.5 Å². The fraction of sp³-hybridized carbons (Fsp3) is 0.400. The molecule has 0 atom stereocenters. The lowest BCUT2D eigenvalue weighted by molar-refractivity contribution is -0.752. The molecule has 8 nitrogen and oxygen atoms in total. The Morgan fingerprint density at radius 3 is 2.42 bits per heavy atom. The van der Waals surface area contributed by atoms with Gasteiger partial charge in [0.25, 0.3) is 10.1 Å². The smallest absolute Gasteiger partial charge is 0.264 e. The molecule has 1 aromatic heterocycles. The molecule has 0 bridgehead atoms. The second-order valence-corrected chi connectivity index (χ2v) is 7.19. The Morgan fingerprint density at radius 2 is 1.83 bits per heavy atom. The number of anilines is 1. The summed E-state index contributed by atoms with van der Waals surface area (Å²) in [6, 6.07) is 9.47. The van der Waals surface area contributed by atoms with Gasteiger partial charge in [-0.2, -0.15) is 8.42 Å². The fourth-order valence-electron chi connectivity index (χ4n) is 2.18. The number of rotatable bonds is 7. The third kappa shape index (κ3) is 5.14. The Balaban J connectivity index is 2.09. The Morgan fingerprint density at radius 1 is 1.17 bits per heavy atom. The second-order valence-electron chi connectivity index (χ2n) is 5.62. The summed E-state index contributed by atoms with van der Waals surface area (Å²) in [7, 11) is 1.82. The molecule has 0 aliphatic carbocycles. The van der Waals surface area contributed by atoms with E-state index in [2.05, 4.69) is 10.2 Å². The summed E-state index contributed by atoms with van der Waals surface area (Å²) < 4.78 is 34.0. The lowest BCUT2D eigenvalue weighted by Crippen LogP contribution is -2.38. The van der Waals surface area contributed by atoms with Gasteiger partial charge < -0.3 is 4.90 Å². The quantitative estimate of drug-likeness (QED) is 0.469. The first-order chi connectivity index (χ1) is 11.3. The third-order valence-corrected chi connectivity index (χ3v) is 4.30. The van der Waals surface area contributed by atoms with Gasteiger partial charge >= 0.3 is 0 Å². The fourth-order valence-corrected chi connectivity index (χ4v) is 2.68. The van der Waals surface area contributed by atoms with Crippen molar-refractivity contribution in [2.45, 2.75) is 13.0 Å². The van der Waals surface area contributed by atoms with Crippen molar-refractivity contribution in [2.24, 2.45) is 17.3 Å². The Kier molecular flexibility index (Phi) is 5.68. The molecule has 1 aromatic carbocycles. The average Bonchev–Trinajstić information content (AvgIpc) is 2.85. The van der Waals surface area contributed by atoms with Crippen LogP contribution in [0.1, 0.15) is 6.42 Å². The predicted molar refractivity (Wildman–Crippen MR) is 91.6 cm³/mol. The minimum Gasteiger partial charge on any atom is -0.378 e. The molecule has 130 valence electrons. The van der Waals surface area contributed by atoms with E-state index in [0.717, 1.165) is 11.4 Å². The summed E-state index contributed by atoms with van der Waals surface area (Å²) in [5.74, 6) is 0.331. The summed E-state index contributed by atoms with van der Waals surface area (Å²) in [5.41, 5.74) is 1.81. The number of hydrogen-bond donors (Lipinski definition) is 1. The zero-order valence-corrected chi connectivity index (χ0v) is 14.8. The van der Waals surface area contributed by atoms with Gasteiger partial charge in [-0.05, 0) is 30.7 Å². The molecule has 0 aliphatic rings. The van der Waals surface area contributed by atoms with E-state index in [-0.39, 0.29) is 5.75 Å². The minimum atomic E-state index is -3.95. The summed E-state index contributed by atoms with van der Waals surface area (Å²) in [4.78, 5) is 2.00. The zero-order valence-electron chi connectivity index (χ0n) is 14.0. The van der Waals surface area contributed by atoms with Crippen LogP contribution in [0.25, 0.3) is 0 Å². The third-order valence-electron chi connectivity index (χ3n) is 3.49. The van der Waals surface area contributed by atoms with Crippen molar-refractivity contribution in [3.8, 4) is 0 Å². The van der Waals surface area contributed by atoms with E-state index in [1.165, 1.54) is 0 Å². The van der Waals surface area contributed by atoms with Gasteiger partial charge in [0.2, 0.25) is 5.82 Å². The number of aromatic nitrogens is 2. The number of hydrogen-bond acceptors (Lipinski definition) is 5. The summed E-state index contributed by atoms with van der Waals surface area (Å²) in [6.07, 6.45) is 2.11. The van der Waals surface area contributed by atoms with Crippen LogP contribution in [0.5, 0.6) is 0 Å². The highest BCUT2D eigenvalue weighted by Crippen LogP contribution is 2.21. The lowest BCUT2D eigenvalue weighted by atomic mass is 10.3. The first kappa shape index (κ1) is 18.1. The van der Waals surface area contributed by atoms with E-state index in [9.17, 15) is 8.42 Å². The molecular formula is C15H22N5O3S+. The molecular weight excluding hydrogens is 330 g/mol. The maximum atomic E-state index is 10.8. The predicted octanol–water partition coefficient (Wildman–Crippen LogP) is 2.07. The highest BCUT2D eigenvalue weighted by atomic mass is 32.2. The van der Waals surface area contributed by atoms with Crippen LogP contribution in [0.2, 0.25) is 0 Å². The van der Waals surface area contributed by atoms with E-state index >= 15 is 0 Å². The highest BCUT2D eigenvalue weighted by molar-refractivity contribution is 7.85. The maximum Gasteiger partial charge on any atom is 0.264 e. The van der Waals surface area contributed by atoms with Crippen molar-refractivity contribution < 1.29 is 17.7 Å². The molecule has 2 aromatic rings. The van der Waals surface area contributed by atoms with Crippen molar-refractivity contribution in [3.63, 3.8) is 0 Å². The molecule has 0 fully saturated rings. The highest BCUT2D eigenvalue weighted by Gasteiger charge is 2.13. The number of aryl methyl sites for hydroxylation is 1. The maximum absolute atomic E-state index is 10.8. The van der Waals surface area contributed by atoms with Crippen molar-refractivity contribution >= 4 is 27.3 Å². The van der Waals surface area contributed by atoms with Crippen molar-refractivity contribution in [2.75, 3.05) is 24.7 Å². The van der Waals surface area contributed by atoms with Crippen LogP contribution < -0.4 is 9.58 Å². The van der Waals surface area contributed by atoms with Gasteiger partial charge in [-0.25, -0.2) is 0 Å². The summed E-state index contributed by atoms with van der Waals surface area (Å²) in [6.45, 7) is 0.414. The number of azo groups is 1. The van der Waals surface area contributed by atoms with Crippen LogP contribution in [0.3, 0.4) is 0 Å². The molecule has 1 N–H and O–H groups in total. The molecule has 0 saturated heterocycles. The standard InChI is InChI=1S/C15H21N5O3S/c1-18(2)14-7-5-13(6-8-14)16-17-15-9-11-19(3)20(15)10-4-12-24(21,22)23/h5-9,11H,4,10,12H2,1-3H3/p+1. The van der Waals surface area contributed by atoms with Gasteiger partial charge in [-0.15, -0.1) is 19.6 Å². The van der Waals surface area contributed by atoms with Gasteiger partial charge in [-0.1, -0.05) is 0 Å². The van der Waals surface area contributed by atoms with Gasteiger partial charge in [-0.3, -0.25) is 4.55 Å². The monoisotopic (exact) mass is 352 g/mol. The van der Waals surface area contributed by atoms with Crippen LogP contribution in [0.4, 0.5) is 17.2 Å². The van der Waals surface area contributed by atoms with Gasteiger partial charge in [0, 0.05) is 19.8 Å².